The smallest absolute Gasteiger partial charge is 0.354 e. The van der Waals surface area contributed by atoms with Crippen LogP contribution in [0, 0.1) is 0 Å². The Morgan fingerprint density at radius 3 is 1.71 bits per heavy atom. The zero-order valence-corrected chi connectivity index (χ0v) is 14.4. The maximum atomic E-state index is 11.2. The molecule has 28 heavy (non-hydrogen) atoms. The number of aliphatic hydroxyl groups is 1. The number of aromatic carboxylic acids is 2. The van der Waals surface area contributed by atoms with E-state index in [-0.39, 0.29) is 24.6 Å². The third-order valence-electron chi connectivity index (χ3n) is 3.62. The van der Waals surface area contributed by atoms with Gasteiger partial charge in [-0.15, -0.1) is 0 Å². The van der Waals surface area contributed by atoms with Gasteiger partial charge in [-0.05, 0) is 24.3 Å². The van der Waals surface area contributed by atoms with Gasteiger partial charge in [-0.2, -0.15) is 0 Å². The van der Waals surface area contributed by atoms with E-state index in [1.165, 1.54) is 24.3 Å². The van der Waals surface area contributed by atoms with Crippen molar-refractivity contribution in [2.45, 2.75) is 0 Å². The Morgan fingerprint density at radius 1 is 0.786 bits per heavy atom. The summed E-state index contributed by atoms with van der Waals surface area (Å²) >= 11 is 0. The lowest BCUT2D eigenvalue weighted by Gasteiger charge is -2.10. The molecule has 0 aliphatic heterocycles. The molecule has 3 rings (SSSR count). The molecule has 0 saturated carbocycles. The summed E-state index contributed by atoms with van der Waals surface area (Å²) in [6.07, 6.45) is 0. The van der Waals surface area contributed by atoms with Gasteiger partial charge in [0.25, 0.3) is 0 Å². The Labute approximate surface area is 158 Å². The van der Waals surface area contributed by atoms with E-state index in [0.717, 1.165) is 0 Å². The molecule has 9 heteroatoms. The van der Waals surface area contributed by atoms with E-state index >= 15 is 0 Å². The molecule has 0 spiro atoms. The zero-order valence-electron chi connectivity index (χ0n) is 14.4. The van der Waals surface area contributed by atoms with Crippen molar-refractivity contribution in [3.8, 4) is 28.5 Å². The minimum Gasteiger partial charge on any atom is -0.491 e. The number of carboxylic acid groups (broad SMARTS) is 2. The van der Waals surface area contributed by atoms with Gasteiger partial charge in [0.05, 0.1) is 29.4 Å². The van der Waals surface area contributed by atoms with Crippen LogP contribution in [0.15, 0.2) is 48.5 Å². The molecule has 3 aromatic rings. The number of carboxylic acids is 2. The van der Waals surface area contributed by atoms with Crippen molar-refractivity contribution in [1.29, 1.82) is 0 Å². The quantitative estimate of drug-likeness (QED) is 0.559. The van der Waals surface area contributed by atoms with Crippen molar-refractivity contribution in [3.05, 3.63) is 59.9 Å². The monoisotopic (exact) mass is 381 g/mol. The first-order chi connectivity index (χ1) is 13.5. The van der Waals surface area contributed by atoms with Gasteiger partial charge in [-0.1, -0.05) is 12.1 Å². The normalized spacial score (nSPS) is 10.5. The minimum atomic E-state index is -1.18. The summed E-state index contributed by atoms with van der Waals surface area (Å²) in [6.45, 7) is -0.166. The predicted octanol–water partition coefficient (Wildman–Crippen LogP) is 1.97. The summed E-state index contributed by atoms with van der Waals surface area (Å²) in [5.41, 5.74) is 0.934. The second-order valence-electron chi connectivity index (χ2n) is 5.57. The summed E-state index contributed by atoms with van der Waals surface area (Å²) < 4.78 is 5.46. The van der Waals surface area contributed by atoms with E-state index in [2.05, 4.69) is 15.0 Å². The Bertz CT molecular complexity index is 962. The van der Waals surface area contributed by atoms with Crippen LogP contribution in [0.2, 0.25) is 0 Å². The first-order valence-electron chi connectivity index (χ1n) is 8.15. The van der Waals surface area contributed by atoms with Crippen LogP contribution in [0.25, 0.3) is 22.8 Å². The summed E-state index contributed by atoms with van der Waals surface area (Å²) in [5.74, 6) is -2.00. The van der Waals surface area contributed by atoms with Gasteiger partial charge in [0.2, 0.25) is 0 Å². The number of pyridine rings is 3. The highest BCUT2D eigenvalue weighted by molar-refractivity contribution is 5.86. The van der Waals surface area contributed by atoms with Crippen molar-refractivity contribution in [3.63, 3.8) is 0 Å². The van der Waals surface area contributed by atoms with Crippen LogP contribution in [-0.4, -0.2) is 55.4 Å². The maximum absolute atomic E-state index is 11.2. The van der Waals surface area contributed by atoms with Crippen LogP contribution in [0.5, 0.6) is 5.75 Å². The van der Waals surface area contributed by atoms with Gasteiger partial charge in [0, 0.05) is 12.1 Å². The average molecular weight is 381 g/mol. The Morgan fingerprint density at radius 2 is 1.29 bits per heavy atom. The van der Waals surface area contributed by atoms with Crippen molar-refractivity contribution < 1.29 is 29.6 Å². The van der Waals surface area contributed by atoms with E-state index in [9.17, 15) is 9.59 Å². The minimum absolute atomic E-state index is 0.0358. The van der Waals surface area contributed by atoms with Crippen LogP contribution in [0.4, 0.5) is 0 Å². The molecular weight excluding hydrogens is 366 g/mol. The Hall–Kier alpha value is -3.85. The predicted molar refractivity (Wildman–Crippen MR) is 97.2 cm³/mol. The van der Waals surface area contributed by atoms with Crippen molar-refractivity contribution >= 4 is 11.9 Å². The first-order valence-corrected chi connectivity index (χ1v) is 8.15. The van der Waals surface area contributed by atoms with Crippen LogP contribution >= 0.6 is 0 Å². The lowest BCUT2D eigenvalue weighted by molar-refractivity contribution is 0.0680. The van der Waals surface area contributed by atoms with Gasteiger partial charge >= 0.3 is 11.9 Å². The lowest BCUT2D eigenvalue weighted by Crippen LogP contribution is -2.05. The molecule has 0 saturated heterocycles. The van der Waals surface area contributed by atoms with Crippen molar-refractivity contribution in [1.82, 2.24) is 15.0 Å². The van der Waals surface area contributed by atoms with Gasteiger partial charge in [-0.3, -0.25) is 0 Å². The van der Waals surface area contributed by atoms with Crippen LogP contribution < -0.4 is 4.74 Å². The first kappa shape index (κ1) is 18.9. The summed E-state index contributed by atoms with van der Waals surface area (Å²) in [6, 6.07) is 12.1. The molecule has 0 aliphatic carbocycles. The van der Waals surface area contributed by atoms with Crippen LogP contribution in [0.1, 0.15) is 21.0 Å². The molecule has 0 fully saturated rings. The van der Waals surface area contributed by atoms with E-state index in [4.69, 9.17) is 20.1 Å². The van der Waals surface area contributed by atoms with Crippen molar-refractivity contribution in [2.24, 2.45) is 0 Å². The molecule has 0 radical (unpaired) electrons. The molecule has 142 valence electrons. The van der Waals surface area contributed by atoms with E-state index in [1.54, 1.807) is 24.3 Å². The summed E-state index contributed by atoms with van der Waals surface area (Å²) in [4.78, 5) is 34.9. The third kappa shape index (κ3) is 4.27. The fourth-order valence-corrected chi connectivity index (χ4v) is 2.41. The van der Waals surface area contributed by atoms with Gasteiger partial charge in [0.1, 0.15) is 23.7 Å². The summed E-state index contributed by atoms with van der Waals surface area (Å²) in [7, 11) is 0. The molecule has 0 atom stereocenters. The second-order valence-corrected chi connectivity index (χ2v) is 5.57. The Kier molecular flexibility index (Phi) is 5.56. The highest BCUT2D eigenvalue weighted by atomic mass is 16.5. The van der Waals surface area contributed by atoms with Gasteiger partial charge in [0.15, 0.2) is 0 Å². The van der Waals surface area contributed by atoms with Gasteiger partial charge in [-0.25, -0.2) is 24.5 Å². The Balaban J connectivity index is 2.12. The number of aromatic nitrogens is 3. The highest BCUT2D eigenvalue weighted by Gasteiger charge is 2.14. The number of rotatable bonds is 7. The fourth-order valence-electron chi connectivity index (χ4n) is 2.41. The second kappa shape index (κ2) is 8.23. The molecule has 0 aliphatic rings. The highest BCUT2D eigenvalue weighted by Crippen LogP contribution is 2.27. The molecule has 0 unspecified atom stereocenters. The topological polar surface area (TPSA) is 143 Å². The van der Waals surface area contributed by atoms with E-state index in [1.807, 2.05) is 0 Å². The number of hydrogen-bond acceptors (Lipinski definition) is 7. The van der Waals surface area contributed by atoms with Gasteiger partial charge < -0.3 is 20.1 Å². The summed E-state index contributed by atoms with van der Waals surface area (Å²) in [5, 5.41) is 27.3. The number of nitrogens with zero attached hydrogens (tertiary/aromatic N) is 3. The van der Waals surface area contributed by atoms with Crippen LogP contribution in [0.3, 0.4) is 0 Å². The zero-order chi connectivity index (χ0) is 20.1. The van der Waals surface area contributed by atoms with Crippen molar-refractivity contribution in [2.75, 3.05) is 13.2 Å². The van der Waals surface area contributed by atoms with Crippen LogP contribution in [-0.2, 0) is 0 Å². The number of ether oxygens (including phenoxy) is 1. The standard InChI is InChI=1S/C19H15N3O6/c23-7-8-28-11-9-16(12-3-1-5-14(20-12)18(24)25)22-17(10-11)13-4-2-6-15(21-13)19(26)27/h1-6,9-10,23H,7-8H2,(H,24,25)(H,26,27). The number of carbonyl (C=O) groups is 2. The van der Waals surface area contributed by atoms with E-state index in [0.29, 0.717) is 28.5 Å². The molecule has 0 aromatic carbocycles. The SMILES string of the molecule is O=C(O)c1cccc(-c2cc(OCCO)cc(-c3cccc(C(=O)O)n3)n2)n1. The molecule has 3 heterocycles. The fraction of sp³-hybridized carbons (Fsp3) is 0.105. The molecule has 0 amide bonds. The molecular formula is C19H15N3O6. The lowest BCUT2D eigenvalue weighted by atomic mass is 10.1. The molecule has 3 N–H and O–H groups in total. The third-order valence-corrected chi connectivity index (χ3v) is 3.62. The molecule has 9 nitrogen and oxygen atoms in total. The van der Waals surface area contributed by atoms with E-state index < -0.39 is 11.9 Å². The number of aliphatic hydroxyl groups excluding tert-OH is 1. The molecule has 0 bridgehead atoms. The average Bonchev–Trinajstić information content (AvgIpc) is 2.72. The largest absolute Gasteiger partial charge is 0.491 e. The number of hydrogen-bond donors (Lipinski definition) is 3. The molecule has 3 aromatic heterocycles. The maximum Gasteiger partial charge on any atom is 0.354 e.